The maximum atomic E-state index is 14.1. The van der Waals surface area contributed by atoms with Crippen LogP contribution in [-0.2, 0) is 11.8 Å². The minimum Gasteiger partial charge on any atom is -0.487 e. The number of ether oxygens (including phenoxy) is 2. The molecule has 1 atom stereocenters. The van der Waals surface area contributed by atoms with Crippen LogP contribution in [0, 0.1) is 11.3 Å². The van der Waals surface area contributed by atoms with Gasteiger partial charge >= 0.3 is 0 Å². The van der Waals surface area contributed by atoms with Gasteiger partial charge < -0.3 is 14.5 Å². The van der Waals surface area contributed by atoms with E-state index in [0.717, 1.165) is 72.6 Å². The van der Waals surface area contributed by atoms with Crippen molar-refractivity contribution in [2.45, 2.75) is 96.3 Å². The molecule has 1 unspecified atom stereocenters. The molecule has 1 saturated heterocycles. The fourth-order valence-corrected chi connectivity index (χ4v) is 6.67. The molecule has 3 aliphatic carbocycles. The highest BCUT2D eigenvalue weighted by Gasteiger charge is 2.42. The Morgan fingerprint density at radius 2 is 1.97 bits per heavy atom. The van der Waals surface area contributed by atoms with Crippen molar-refractivity contribution in [1.82, 2.24) is 9.88 Å². The molecular formula is C33H39N3O3. The van der Waals surface area contributed by atoms with Crippen LogP contribution in [0.2, 0.25) is 0 Å². The minimum absolute atomic E-state index is 0.0160. The van der Waals surface area contributed by atoms with Gasteiger partial charge in [0.25, 0.3) is 0 Å². The molecule has 1 saturated carbocycles. The van der Waals surface area contributed by atoms with E-state index in [2.05, 4.69) is 35.9 Å². The molecule has 1 N–H and O–H groups in total. The Bertz CT molecular complexity index is 1400. The number of likely N-dealkylation sites (tertiary alicyclic amines) is 1. The van der Waals surface area contributed by atoms with E-state index < -0.39 is 5.41 Å². The number of carbonyl (C=O) groups excluding carboxylic acids is 1. The monoisotopic (exact) mass is 525 g/mol. The smallest absolute Gasteiger partial charge is 0.195 e. The lowest BCUT2D eigenvalue weighted by Crippen LogP contribution is -2.49. The number of hydrogen-bond acceptors (Lipinski definition) is 5. The van der Waals surface area contributed by atoms with E-state index in [1.807, 2.05) is 38.1 Å². The summed E-state index contributed by atoms with van der Waals surface area (Å²) in [4.78, 5) is 20.3. The molecule has 0 radical (unpaired) electrons. The third kappa shape index (κ3) is 4.61. The van der Waals surface area contributed by atoms with Crippen LogP contribution in [0.3, 0.4) is 0 Å². The van der Waals surface area contributed by atoms with Crippen molar-refractivity contribution in [2.24, 2.45) is 0 Å². The van der Waals surface area contributed by atoms with Crippen LogP contribution in [0.1, 0.15) is 105 Å². The van der Waals surface area contributed by atoms with Crippen LogP contribution in [0.4, 0.5) is 0 Å². The summed E-state index contributed by atoms with van der Waals surface area (Å²) in [5.74, 6) is 1.39. The number of nitriles is 1. The SMILES string of the molecule is CC(C)Oc1cc2c(cc1OC1CCCN(C3CCC3)C1)C(C)(C)c1[nH]c3c(c1C2=O)CC/C=C/C(C#N)=C\3. The number of ketones is 1. The molecule has 6 heteroatoms. The zero-order valence-corrected chi connectivity index (χ0v) is 23.6. The van der Waals surface area contributed by atoms with Crippen molar-refractivity contribution < 1.29 is 14.3 Å². The molecule has 1 aromatic carbocycles. The number of nitrogens with one attached hydrogen (secondary N) is 1. The second kappa shape index (κ2) is 10.0. The van der Waals surface area contributed by atoms with Gasteiger partial charge in [-0.15, -0.1) is 0 Å². The van der Waals surface area contributed by atoms with E-state index in [0.29, 0.717) is 22.9 Å². The Hall–Kier alpha value is -3.30. The van der Waals surface area contributed by atoms with E-state index >= 15 is 0 Å². The van der Waals surface area contributed by atoms with Crippen molar-refractivity contribution >= 4 is 11.9 Å². The molecule has 2 heterocycles. The molecule has 2 fully saturated rings. The fraction of sp³-hybridized carbons (Fsp3) is 0.515. The first-order valence-corrected chi connectivity index (χ1v) is 14.6. The topological polar surface area (TPSA) is 78.3 Å². The van der Waals surface area contributed by atoms with E-state index in [4.69, 9.17) is 9.47 Å². The summed E-state index contributed by atoms with van der Waals surface area (Å²) >= 11 is 0. The second-order valence-electron chi connectivity index (χ2n) is 12.3. The van der Waals surface area contributed by atoms with Crippen LogP contribution in [-0.4, -0.2) is 47.0 Å². The number of nitrogens with zero attached hydrogens (tertiary/aromatic N) is 2. The normalized spacial score (nSPS) is 24.7. The van der Waals surface area contributed by atoms with Crippen LogP contribution in [0.25, 0.3) is 6.08 Å². The van der Waals surface area contributed by atoms with Crippen LogP contribution in [0.5, 0.6) is 11.5 Å². The summed E-state index contributed by atoms with van der Waals surface area (Å²) < 4.78 is 13.0. The summed E-state index contributed by atoms with van der Waals surface area (Å²) in [6.45, 7) is 10.4. The number of aromatic amines is 1. The number of allylic oxidation sites excluding steroid dienone is 3. The molecule has 0 spiro atoms. The predicted molar refractivity (Wildman–Crippen MR) is 152 cm³/mol. The van der Waals surface area contributed by atoms with Crippen molar-refractivity contribution in [3.05, 3.63) is 63.5 Å². The number of piperidine rings is 1. The fourth-order valence-electron chi connectivity index (χ4n) is 6.67. The number of benzene rings is 1. The van der Waals surface area contributed by atoms with Crippen LogP contribution >= 0.6 is 0 Å². The van der Waals surface area contributed by atoms with Gasteiger partial charge in [0.2, 0.25) is 0 Å². The third-order valence-electron chi connectivity index (χ3n) is 8.93. The number of carbonyl (C=O) groups is 1. The minimum atomic E-state index is -0.452. The maximum absolute atomic E-state index is 14.1. The quantitative estimate of drug-likeness (QED) is 0.484. The first kappa shape index (κ1) is 26.0. The molecular weight excluding hydrogens is 486 g/mol. The van der Waals surface area contributed by atoms with Gasteiger partial charge in [0.1, 0.15) is 6.10 Å². The number of rotatable bonds is 5. The highest BCUT2D eigenvalue weighted by Crippen LogP contribution is 2.47. The van der Waals surface area contributed by atoms with Gasteiger partial charge in [-0.25, -0.2) is 0 Å². The first-order valence-electron chi connectivity index (χ1n) is 14.6. The van der Waals surface area contributed by atoms with Crippen molar-refractivity contribution in [2.75, 3.05) is 13.1 Å². The van der Waals surface area contributed by atoms with Crippen molar-refractivity contribution in [3.63, 3.8) is 0 Å². The third-order valence-corrected chi connectivity index (χ3v) is 8.93. The summed E-state index contributed by atoms with van der Waals surface area (Å²) in [5, 5.41) is 9.58. The zero-order chi connectivity index (χ0) is 27.3. The number of H-pyrrole nitrogens is 1. The lowest BCUT2D eigenvalue weighted by Gasteiger charge is -2.42. The van der Waals surface area contributed by atoms with E-state index in [1.54, 1.807) is 0 Å². The Morgan fingerprint density at radius 3 is 2.69 bits per heavy atom. The average Bonchev–Trinajstić information content (AvgIpc) is 3.20. The number of aromatic nitrogens is 1. The molecule has 1 aliphatic heterocycles. The predicted octanol–water partition coefficient (Wildman–Crippen LogP) is 6.48. The molecule has 6 rings (SSSR count). The van der Waals surface area contributed by atoms with E-state index in [-0.39, 0.29) is 18.0 Å². The summed E-state index contributed by atoms with van der Waals surface area (Å²) in [6.07, 6.45) is 13.4. The largest absolute Gasteiger partial charge is 0.487 e. The van der Waals surface area contributed by atoms with Gasteiger partial charge in [-0.05, 0) is 94.3 Å². The Balaban J connectivity index is 1.40. The standard InChI is InChI=1S/C33H39N3O3/c1-20(2)38-28-16-25-26(17-29(28)39-23-12-8-14-36(19-23)22-10-7-11-22)33(3,4)32-30(31(25)37)24-13-6-5-9-21(18-34)15-27(24)35-32/h5,9,15-17,20,22-23,35H,6-8,10-14,19H2,1-4H3/b9-5+,21-15+. The Labute approximate surface area is 231 Å². The maximum Gasteiger partial charge on any atom is 0.195 e. The molecule has 1 aromatic heterocycles. The van der Waals surface area contributed by atoms with Gasteiger partial charge in [-0.3, -0.25) is 9.69 Å². The first-order chi connectivity index (χ1) is 18.8. The highest BCUT2D eigenvalue weighted by molar-refractivity contribution is 6.14. The lowest BCUT2D eigenvalue weighted by atomic mass is 9.70. The van der Waals surface area contributed by atoms with Crippen LogP contribution in [0.15, 0.2) is 29.9 Å². The number of fused-ring (bicyclic) bond motifs is 4. The van der Waals surface area contributed by atoms with Gasteiger partial charge in [-0.1, -0.05) is 26.3 Å². The molecule has 0 bridgehead atoms. The molecule has 4 aliphatic rings. The summed E-state index contributed by atoms with van der Waals surface area (Å²) in [7, 11) is 0. The zero-order valence-electron chi connectivity index (χ0n) is 23.6. The molecule has 0 amide bonds. The molecule has 39 heavy (non-hydrogen) atoms. The van der Waals surface area contributed by atoms with Gasteiger partial charge in [0.05, 0.1) is 17.7 Å². The number of hydrogen-bond donors (Lipinski definition) is 1. The molecule has 6 nitrogen and oxygen atoms in total. The van der Waals surface area contributed by atoms with E-state index in [9.17, 15) is 10.1 Å². The van der Waals surface area contributed by atoms with Gasteiger partial charge in [0, 0.05) is 40.5 Å². The Kier molecular flexibility index (Phi) is 6.67. The lowest BCUT2D eigenvalue weighted by molar-refractivity contribution is 0.0339. The second-order valence-corrected chi connectivity index (χ2v) is 12.3. The van der Waals surface area contributed by atoms with Gasteiger partial charge in [-0.2, -0.15) is 5.26 Å². The van der Waals surface area contributed by atoms with Crippen molar-refractivity contribution in [1.29, 1.82) is 5.26 Å². The summed E-state index contributed by atoms with van der Waals surface area (Å²) in [6, 6.07) is 6.95. The molecule has 2 aromatic rings. The molecule has 204 valence electrons. The highest BCUT2D eigenvalue weighted by atomic mass is 16.5. The van der Waals surface area contributed by atoms with Gasteiger partial charge in [0.15, 0.2) is 17.3 Å². The summed E-state index contributed by atoms with van der Waals surface area (Å²) in [5.41, 5.74) is 5.29. The van der Waals surface area contributed by atoms with Crippen molar-refractivity contribution in [3.8, 4) is 17.6 Å². The average molecular weight is 526 g/mol. The Morgan fingerprint density at radius 1 is 1.15 bits per heavy atom. The van der Waals surface area contributed by atoms with Crippen LogP contribution < -0.4 is 9.47 Å². The van der Waals surface area contributed by atoms with E-state index in [1.165, 1.54) is 19.3 Å².